The average molecular weight is 685 g/mol. The first-order chi connectivity index (χ1) is 22.5. The van der Waals surface area contributed by atoms with Gasteiger partial charge in [0.05, 0.1) is 11.4 Å². The summed E-state index contributed by atoms with van der Waals surface area (Å²) in [6, 6.07) is 24.7. The van der Waals surface area contributed by atoms with E-state index in [-0.39, 0.29) is 12.1 Å². The maximum absolute atomic E-state index is 15.0. The number of thiophene rings is 1. The number of rotatable bonds is 10. The molecule has 0 saturated heterocycles. The fourth-order valence-corrected chi connectivity index (χ4v) is 7.91. The summed E-state index contributed by atoms with van der Waals surface area (Å²) >= 11 is 2.95. The molecule has 0 unspecified atom stereocenters. The number of benzene rings is 3. The minimum atomic E-state index is -4.22. The smallest absolute Gasteiger partial charge is 0.355 e. The number of carboxylic acids is 1. The topological polar surface area (TPSA) is 128 Å². The predicted octanol–water partition coefficient (Wildman–Crippen LogP) is 7.73. The van der Waals surface area contributed by atoms with Crippen molar-refractivity contribution in [3.63, 3.8) is 0 Å². The Morgan fingerprint density at radius 1 is 1.00 bits per heavy atom. The number of aromatic carboxylic acids is 1. The number of carbonyl (C=O) groups is 1. The lowest BCUT2D eigenvalue weighted by Crippen LogP contribution is -2.14. The monoisotopic (exact) mass is 684 g/mol. The second-order valence-corrected chi connectivity index (χ2v) is 15.4. The van der Waals surface area contributed by atoms with E-state index in [1.807, 2.05) is 18.2 Å². The standard InChI is InChI=1S/C35H29FN4O4S3/c1-20-5-13-31(46-20)24-11-9-23(10-12-24)25-3-2-4-26(18-25)33-27(15-22-8-14-32(28(36)16-22)47(37,43)44)30(17-21-6-7-21)40(39-33)35-38-29(19-45-35)34(41)42/h2-5,8-14,16,18-19,21H,6-7,15,17H2,1H3,(H,41,42)(H2,37,43,44). The van der Waals surface area contributed by atoms with Crippen LogP contribution >= 0.6 is 22.7 Å². The molecule has 0 radical (unpaired) electrons. The van der Waals surface area contributed by atoms with Crippen molar-refractivity contribution >= 4 is 38.7 Å². The molecule has 1 aliphatic rings. The zero-order chi connectivity index (χ0) is 32.9. The molecule has 12 heteroatoms. The maximum atomic E-state index is 15.0. The summed E-state index contributed by atoms with van der Waals surface area (Å²) in [6.45, 7) is 2.09. The molecule has 3 aromatic carbocycles. The van der Waals surface area contributed by atoms with Gasteiger partial charge in [0.15, 0.2) is 5.69 Å². The van der Waals surface area contributed by atoms with Crippen LogP contribution < -0.4 is 5.14 Å². The lowest BCUT2D eigenvalue weighted by molar-refractivity contribution is 0.0691. The average Bonchev–Trinajstić information content (AvgIpc) is 3.38. The van der Waals surface area contributed by atoms with Gasteiger partial charge in [0, 0.05) is 32.7 Å². The summed E-state index contributed by atoms with van der Waals surface area (Å²) in [5, 5.41) is 21.7. The molecular weight excluding hydrogens is 656 g/mol. The first-order valence-electron chi connectivity index (χ1n) is 14.9. The molecule has 0 spiro atoms. The van der Waals surface area contributed by atoms with Gasteiger partial charge in [-0.15, -0.1) is 22.7 Å². The van der Waals surface area contributed by atoms with Gasteiger partial charge in [-0.25, -0.2) is 32.4 Å². The molecule has 0 atom stereocenters. The van der Waals surface area contributed by atoms with Gasteiger partial charge in [-0.3, -0.25) is 0 Å². The van der Waals surface area contributed by atoms with Gasteiger partial charge < -0.3 is 5.11 Å². The number of aromatic nitrogens is 3. The number of thiazole rings is 1. The van der Waals surface area contributed by atoms with Gasteiger partial charge in [-0.1, -0.05) is 48.5 Å². The summed E-state index contributed by atoms with van der Waals surface area (Å²) in [5.41, 5.74) is 6.87. The SMILES string of the molecule is Cc1ccc(-c2ccc(-c3cccc(-c4nn(-c5nc(C(=O)O)cs5)c(CC5CC5)c4Cc4ccc(S(N)(=O)=O)c(F)c4)c3)cc2)s1. The number of hydrogen-bond donors (Lipinski definition) is 2. The van der Waals surface area contributed by atoms with Crippen LogP contribution in [0.15, 0.2) is 89.1 Å². The van der Waals surface area contributed by atoms with E-state index in [0.29, 0.717) is 28.7 Å². The lowest BCUT2D eigenvalue weighted by atomic mass is 9.95. The molecule has 3 N–H and O–H groups in total. The zero-order valence-corrected chi connectivity index (χ0v) is 27.6. The second-order valence-electron chi connectivity index (χ2n) is 11.7. The molecule has 238 valence electrons. The van der Waals surface area contributed by atoms with Crippen LogP contribution in [0.25, 0.3) is 38.0 Å². The van der Waals surface area contributed by atoms with Crippen LogP contribution in [0.2, 0.25) is 0 Å². The minimum Gasteiger partial charge on any atom is -0.476 e. The molecule has 7 rings (SSSR count). The van der Waals surface area contributed by atoms with Crippen molar-refractivity contribution in [2.75, 3.05) is 0 Å². The molecule has 3 aromatic heterocycles. The van der Waals surface area contributed by atoms with E-state index < -0.39 is 26.7 Å². The van der Waals surface area contributed by atoms with Crippen molar-refractivity contribution in [2.45, 2.75) is 37.5 Å². The molecule has 1 saturated carbocycles. The fraction of sp³-hybridized carbons (Fsp3) is 0.171. The highest BCUT2D eigenvalue weighted by Crippen LogP contribution is 2.39. The number of aryl methyl sites for hydroxylation is 1. The first kappa shape index (κ1) is 31.1. The Morgan fingerprint density at radius 2 is 1.74 bits per heavy atom. The molecule has 6 aromatic rings. The van der Waals surface area contributed by atoms with Crippen molar-refractivity contribution < 1.29 is 22.7 Å². The molecular formula is C35H29FN4O4S3. The third kappa shape index (κ3) is 6.54. The summed E-state index contributed by atoms with van der Waals surface area (Å²) in [4.78, 5) is 17.9. The number of sulfonamides is 1. The van der Waals surface area contributed by atoms with Crippen LogP contribution in [0.5, 0.6) is 0 Å². The van der Waals surface area contributed by atoms with E-state index in [2.05, 4.69) is 54.4 Å². The van der Waals surface area contributed by atoms with Gasteiger partial charge >= 0.3 is 5.97 Å². The van der Waals surface area contributed by atoms with E-state index in [1.54, 1.807) is 22.1 Å². The van der Waals surface area contributed by atoms with E-state index in [4.69, 9.17) is 10.2 Å². The van der Waals surface area contributed by atoms with Crippen molar-refractivity contribution in [3.8, 4) is 38.0 Å². The van der Waals surface area contributed by atoms with Crippen LogP contribution in [0.1, 0.15) is 45.0 Å². The molecule has 1 aliphatic carbocycles. The molecule has 1 fully saturated rings. The normalized spacial score (nSPS) is 13.3. The Labute approximate surface area is 279 Å². The number of nitrogens with two attached hydrogens (primary N) is 1. The Bertz CT molecular complexity index is 2250. The Balaban J connectivity index is 1.34. The van der Waals surface area contributed by atoms with Gasteiger partial charge in [0.2, 0.25) is 15.2 Å². The number of primary sulfonamides is 1. The molecule has 3 heterocycles. The number of halogens is 1. The molecule has 0 aliphatic heterocycles. The Hall–Kier alpha value is -4.49. The zero-order valence-electron chi connectivity index (χ0n) is 25.2. The quantitative estimate of drug-likeness (QED) is 0.152. The maximum Gasteiger partial charge on any atom is 0.355 e. The molecule has 47 heavy (non-hydrogen) atoms. The van der Waals surface area contributed by atoms with Gasteiger partial charge in [0.25, 0.3) is 0 Å². The fourth-order valence-electron chi connectivity index (χ4n) is 5.68. The Kier molecular flexibility index (Phi) is 8.13. The van der Waals surface area contributed by atoms with Crippen molar-refractivity contribution in [1.29, 1.82) is 0 Å². The highest BCUT2D eigenvalue weighted by atomic mass is 32.2. The predicted molar refractivity (Wildman–Crippen MR) is 182 cm³/mol. The molecule has 0 amide bonds. The van der Waals surface area contributed by atoms with E-state index >= 15 is 0 Å². The van der Waals surface area contributed by atoms with Crippen molar-refractivity contribution in [2.24, 2.45) is 11.1 Å². The number of hydrogen-bond acceptors (Lipinski definition) is 7. The van der Waals surface area contributed by atoms with Crippen molar-refractivity contribution in [1.82, 2.24) is 14.8 Å². The van der Waals surface area contributed by atoms with Crippen LogP contribution in [0, 0.1) is 18.7 Å². The highest BCUT2D eigenvalue weighted by molar-refractivity contribution is 7.89. The van der Waals surface area contributed by atoms with Crippen LogP contribution in [-0.2, 0) is 22.9 Å². The van der Waals surface area contributed by atoms with Crippen LogP contribution in [0.3, 0.4) is 0 Å². The highest BCUT2D eigenvalue weighted by Gasteiger charge is 2.29. The van der Waals surface area contributed by atoms with Gasteiger partial charge in [-0.05, 0) is 84.7 Å². The Morgan fingerprint density at radius 3 is 2.38 bits per heavy atom. The van der Waals surface area contributed by atoms with E-state index in [0.717, 1.165) is 46.4 Å². The number of nitrogens with zero attached hydrogens (tertiary/aromatic N) is 3. The summed E-state index contributed by atoms with van der Waals surface area (Å²) < 4.78 is 40.4. The van der Waals surface area contributed by atoms with Crippen molar-refractivity contribution in [3.05, 3.63) is 117 Å². The third-order valence-electron chi connectivity index (χ3n) is 8.22. The first-order valence-corrected chi connectivity index (χ1v) is 18.2. The molecule has 8 nitrogen and oxygen atoms in total. The number of carboxylic acid groups (broad SMARTS) is 1. The minimum absolute atomic E-state index is 0.0650. The van der Waals surface area contributed by atoms with Crippen LogP contribution in [0.4, 0.5) is 4.39 Å². The van der Waals surface area contributed by atoms with Gasteiger partial charge in [-0.2, -0.15) is 5.10 Å². The largest absolute Gasteiger partial charge is 0.476 e. The van der Waals surface area contributed by atoms with E-state index in [9.17, 15) is 22.7 Å². The van der Waals surface area contributed by atoms with Crippen LogP contribution in [-0.4, -0.2) is 34.3 Å². The third-order valence-corrected chi connectivity index (χ3v) is 11.0. The summed E-state index contributed by atoms with van der Waals surface area (Å²) in [6.07, 6.45) is 3.07. The van der Waals surface area contributed by atoms with Gasteiger partial charge in [0.1, 0.15) is 10.7 Å². The summed E-state index contributed by atoms with van der Waals surface area (Å²) in [5.74, 6) is -1.60. The van der Waals surface area contributed by atoms with E-state index in [1.165, 1.54) is 38.6 Å². The summed E-state index contributed by atoms with van der Waals surface area (Å²) in [7, 11) is -4.22. The molecule has 0 bridgehead atoms. The lowest BCUT2D eigenvalue weighted by Gasteiger charge is -2.10. The second kappa shape index (κ2) is 12.3.